The number of fused-ring (bicyclic) bond motifs is 2. The van der Waals surface area contributed by atoms with E-state index in [2.05, 4.69) is 33.2 Å². The summed E-state index contributed by atoms with van der Waals surface area (Å²) >= 11 is 0. The Morgan fingerprint density at radius 3 is 2.89 bits per heavy atom. The number of nitrogens with one attached hydrogen (secondary N) is 1. The third-order valence-corrected chi connectivity index (χ3v) is 5.14. The summed E-state index contributed by atoms with van der Waals surface area (Å²) in [6.45, 7) is 4.17. The van der Waals surface area contributed by atoms with Crippen LogP contribution in [-0.2, 0) is 16.0 Å². The molecule has 1 aromatic carbocycles. The van der Waals surface area contributed by atoms with Crippen LogP contribution in [0.3, 0.4) is 0 Å². The Morgan fingerprint density at radius 2 is 2.04 bits per heavy atom. The van der Waals surface area contributed by atoms with Gasteiger partial charge in [0, 0.05) is 42.9 Å². The standard InChI is InChI=1S/C20H22N6O2/c1-27-10-9-26-19-16(13-22-26)18(15-3-2-4-17-14(15)5-6-21-17)23-20(24-19)25-7-11-28-12-8-25/h2-6,13,21H,7-12H2,1H3. The summed E-state index contributed by atoms with van der Waals surface area (Å²) in [5.74, 6) is 0.720. The van der Waals surface area contributed by atoms with Gasteiger partial charge in [0.25, 0.3) is 0 Å². The molecule has 4 heterocycles. The van der Waals surface area contributed by atoms with E-state index < -0.39 is 0 Å². The molecule has 0 saturated carbocycles. The molecule has 0 atom stereocenters. The zero-order valence-electron chi connectivity index (χ0n) is 15.8. The van der Waals surface area contributed by atoms with Gasteiger partial charge in [-0.05, 0) is 12.1 Å². The van der Waals surface area contributed by atoms with E-state index >= 15 is 0 Å². The Labute approximate surface area is 162 Å². The number of rotatable bonds is 5. The molecule has 28 heavy (non-hydrogen) atoms. The lowest BCUT2D eigenvalue weighted by molar-refractivity contribution is 0.122. The highest BCUT2D eigenvalue weighted by atomic mass is 16.5. The van der Waals surface area contributed by atoms with Crippen LogP contribution in [-0.4, -0.2) is 64.8 Å². The summed E-state index contributed by atoms with van der Waals surface area (Å²) in [6.07, 6.45) is 3.81. The Kier molecular flexibility index (Phi) is 4.42. The minimum Gasteiger partial charge on any atom is -0.383 e. The van der Waals surface area contributed by atoms with E-state index in [-0.39, 0.29) is 0 Å². The van der Waals surface area contributed by atoms with Crippen LogP contribution >= 0.6 is 0 Å². The average Bonchev–Trinajstić information content (AvgIpc) is 3.39. The predicted octanol–water partition coefficient (Wildman–Crippen LogP) is 2.46. The van der Waals surface area contributed by atoms with Crippen LogP contribution in [0.2, 0.25) is 0 Å². The van der Waals surface area contributed by atoms with Crippen molar-refractivity contribution in [1.29, 1.82) is 0 Å². The summed E-state index contributed by atoms with van der Waals surface area (Å²) in [6, 6.07) is 8.31. The fraction of sp³-hybridized carbons (Fsp3) is 0.350. The summed E-state index contributed by atoms with van der Waals surface area (Å²) in [7, 11) is 1.69. The molecule has 0 spiro atoms. The predicted molar refractivity (Wildman–Crippen MR) is 108 cm³/mol. The van der Waals surface area contributed by atoms with Crippen LogP contribution in [0.4, 0.5) is 5.95 Å². The molecule has 4 aromatic rings. The Balaban J connectivity index is 1.72. The molecule has 8 nitrogen and oxygen atoms in total. The van der Waals surface area contributed by atoms with Gasteiger partial charge in [-0.2, -0.15) is 10.1 Å². The number of ether oxygens (including phenoxy) is 2. The summed E-state index contributed by atoms with van der Waals surface area (Å²) in [4.78, 5) is 15.3. The van der Waals surface area contributed by atoms with Crippen molar-refractivity contribution in [2.45, 2.75) is 6.54 Å². The molecule has 0 bridgehead atoms. The first-order valence-corrected chi connectivity index (χ1v) is 9.47. The second kappa shape index (κ2) is 7.21. The molecule has 1 aliphatic rings. The van der Waals surface area contributed by atoms with E-state index in [9.17, 15) is 0 Å². The van der Waals surface area contributed by atoms with Gasteiger partial charge in [0.1, 0.15) is 0 Å². The number of hydrogen-bond donors (Lipinski definition) is 1. The number of aromatic nitrogens is 5. The highest BCUT2D eigenvalue weighted by molar-refractivity contribution is 6.01. The summed E-state index contributed by atoms with van der Waals surface area (Å²) in [5, 5.41) is 6.64. The van der Waals surface area contributed by atoms with E-state index in [1.54, 1.807) is 7.11 Å². The van der Waals surface area contributed by atoms with Crippen molar-refractivity contribution in [2.24, 2.45) is 0 Å². The second-order valence-electron chi connectivity index (χ2n) is 6.81. The topological polar surface area (TPSA) is 81.1 Å². The Bertz CT molecular complexity index is 1110. The van der Waals surface area contributed by atoms with Crippen molar-refractivity contribution in [1.82, 2.24) is 24.7 Å². The fourth-order valence-electron chi connectivity index (χ4n) is 3.69. The van der Waals surface area contributed by atoms with E-state index in [0.29, 0.717) is 26.4 Å². The molecular formula is C20H22N6O2. The molecule has 0 amide bonds. The number of hydrogen-bond acceptors (Lipinski definition) is 6. The van der Waals surface area contributed by atoms with Crippen molar-refractivity contribution in [3.05, 3.63) is 36.7 Å². The Morgan fingerprint density at radius 1 is 1.14 bits per heavy atom. The monoisotopic (exact) mass is 378 g/mol. The van der Waals surface area contributed by atoms with Crippen molar-refractivity contribution < 1.29 is 9.47 Å². The number of benzene rings is 1. The molecule has 144 valence electrons. The highest BCUT2D eigenvalue weighted by Crippen LogP contribution is 2.33. The maximum Gasteiger partial charge on any atom is 0.228 e. The molecule has 3 aromatic heterocycles. The molecule has 0 radical (unpaired) electrons. The van der Waals surface area contributed by atoms with Crippen molar-refractivity contribution >= 4 is 27.9 Å². The molecule has 1 fully saturated rings. The average molecular weight is 378 g/mol. The quantitative estimate of drug-likeness (QED) is 0.575. The number of morpholine rings is 1. The lowest BCUT2D eigenvalue weighted by atomic mass is 10.0. The van der Waals surface area contributed by atoms with Crippen molar-refractivity contribution in [3.8, 4) is 11.3 Å². The van der Waals surface area contributed by atoms with Gasteiger partial charge in [0.2, 0.25) is 5.95 Å². The van der Waals surface area contributed by atoms with Gasteiger partial charge >= 0.3 is 0 Å². The third-order valence-electron chi connectivity index (χ3n) is 5.14. The van der Waals surface area contributed by atoms with Gasteiger partial charge < -0.3 is 19.4 Å². The van der Waals surface area contributed by atoms with Gasteiger partial charge in [-0.25, -0.2) is 9.67 Å². The number of anilines is 1. The maximum atomic E-state index is 5.50. The molecule has 1 N–H and O–H groups in total. The second-order valence-corrected chi connectivity index (χ2v) is 6.81. The largest absolute Gasteiger partial charge is 0.383 e. The van der Waals surface area contributed by atoms with Crippen LogP contribution in [0.1, 0.15) is 0 Å². The minimum atomic E-state index is 0.580. The van der Waals surface area contributed by atoms with E-state index in [1.165, 1.54) is 0 Å². The van der Waals surface area contributed by atoms with Crippen LogP contribution in [0.5, 0.6) is 0 Å². The number of nitrogens with zero attached hydrogens (tertiary/aromatic N) is 5. The van der Waals surface area contributed by atoms with Crippen LogP contribution in [0, 0.1) is 0 Å². The van der Waals surface area contributed by atoms with Crippen LogP contribution in [0.15, 0.2) is 36.7 Å². The molecule has 0 unspecified atom stereocenters. The zero-order valence-corrected chi connectivity index (χ0v) is 15.8. The number of methoxy groups -OCH3 is 1. The van der Waals surface area contributed by atoms with Gasteiger partial charge in [-0.1, -0.05) is 12.1 Å². The first kappa shape index (κ1) is 17.2. The molecule has 5 rings (SSSR count). The zero-order chi connectivity index (χ0) is 18.9. The smallest absolute Gasteiger partial charge is 0.228 e. The van der Waals surface area contributed by atoms with Crippen LogP contribution in [0.25, 0.3) is 33.2 Å². The summed E-state index contributed by atoms with van der Waals surface area (Å²) in [5.41, 5.74) is 3.90. The van der Waals surface area contributed by atoms with E-state index in [0.717, 1.165) is 52.2 Å². The maximum absolute atomic E-state index is 5.50. The lowest BCUT2D eigenvalue weighted by Crippen LogP contribution is -2.37. The SMILES string of the molecule is COCCn1ncc2c(-c3cccc4[nH]ccc34)nc(N3CCOCC3)nc21. The highest BCUT2D eigenvalue weighted by Gasteiger charge is 2.20. The van der Waals surface area contributed by atoms with Crippen molar-refractivity contribution in [2.75, 3.05) is 44.9 Å². The van der Waals surface area contributed by atoms with Gasteiger partial charge in [0.15, 0.2) is 5.65 Å². The molecule has 1 saturated heterocycles. The van der Waals surface area contributed by atoms with Crippen LogP contribution < -0.4 is 4.90 Å². The van der Waals surface area contributed by atoms with E-state index in [4.69, 9.17) is 19.4 Å². The third kappa shape index (κ3) is 2.90. The van der Waals surface area contributed by atoms with Crippen molar-refractivity contribution in [3.63, 3.8) is 0 Å². The van der Waals surface area contributed by atoms with E-state index in [1.807, 2.05) is 23.1 Å². The molecular weight excluding hydrogens is 356 g/mol. The fourth-order valence-corrected chi connectivity index (χ4v) is 3.69. The minimum absolute atomic E-state index is 0.580. The van der Waals surface area contributed by atoms with Gasteiger partial charge in [0.05, 0.1) is 43.6 Å². The number of aromatic amines is 1. The van der Waals surface area contributed by atoms with Gasteiger partial charge in [-0.3, -0.25) is 0 Å². The lowest BCUT2D eigenvalue weighted by Gasteiger charge is -2.27. The molecule has 8 heteroatoms. The summed E-state index contributed by atoms with van der Waals surface area (Å²) < 4.78 is 12.6. The number of H-pyrrole nitrogens is 1. The first-order valence-electron chi connectivity index (χ1n) is 9.47. The molecule has 1 aliphatic heterocycles. The van der Waals surface area contributed by atoms with Gasteiger partial charge in [-0.15, -0.1) is 0 Å². The first-order chi connectivity index (χ1) is 13.8. The Hall–Kier alpha value is -2.97. The normalized spacial score (nSPS) is 15.0. The molecule has 0 aliphatic carbocycles.